The summed E-state index contributed by atoms with van der Waals surface area (Å²) in [5.41, 5.74) is 19.8. The normalized spacial score (nSPS) is 14.7. The van der Waals surface area contributed by atoms with Crippen LogP contribution in [0.1, 0.15) is 44.5 Å². The second-order valence-corrected chi connectivity index (χ2v) is 18.2. The molecule has 3 aromatic heterocycles. The van der Waals surface area contributed by atoms with E-state index in [1.54, 1.807) is 0 Å². The minimum atomic E-state index is -0.609. The fourth-order valence-corrected chi connectivity index (χ4v) is 13.5. The predicted octanol–water partition coefficient (Wildman–Crippen LogP) is 14.1. The zero-order chi connectivity index (χ0) is 40.3. The van der Waals surface area contributed by atoms with Gasteiger partial charge in [0.05, 0.1) is 27.4 Å². The summed E-state index contributed by atoms with van der Waals surface area (Å²) in [6.45, 7) is 0. The van der Waals surface area contributed by atoms with Crippen molar-refractivity contribution >= 4 is 59.1 Å². The maximum atomic E-state index is 5.45. The molecule has 3 aliphatic rings. The maximum Gasteiger partial charge on any atom is 0.149 e. The minimum Gasteiger partial charge on any atom is -0.276 e. The summed E-state index contributed by atoms with van der Waals surface area (Å²) in [7, 11) is 0. The Balaban J connectivity index is 1.11. The quantitative estimate of drug-likeness (QED) is 0.165. The summed E-state index contributed by atoms with van der Waals surface area (Å²) in [6, 6.07) is 74.8. The van der Waals surface area contributed by atoms with Gasteiger partial charge < -0.3 is 0 Å². The van der Waals surface area contributed by atoms with Crippen molar-refractivity contribution in [3.8, 4) is 33.6 Å². The van der Waals surface area contributed by atoms with Gasteiger partial charge in [0.15, 0.2) is 0 Å². The van der Waals surface area contributed by atoms with Gasteiger partial charge in [0, 0.05) is 31.1 Å². The van der Waals surface area contributed by atoms with Crippen LogP contribution in [-0.4, -0.2) is 14.4 Å². The Morgan fingerprint density at radius 3 is 1.68 bits per heavy atom. The number of fused-ring (bicyclic) bond motifs is 25. The Labute approximate surface area is 360 Å². The zero-order valence-electron chi connectivity index (χ0n) is 33.3. The van der Waals surface area contributed by atoms with E-state index in [4.69, 9.17) is 9.97 Å². The molecule has 9 aromatic carbocycles. The van der Waals surface area contributed by atoms with Crippen molar-refractivity contribution in [3.63, 3.8) is 0 Å². The van der Waals surface area contributed by atoms with Gasteiger partial charge in [-0.25, -0.2) is 9.97 Å². The molecule has 4 heteroatoms. The fourth-order valence-electron chi connectivity index (χ4n) is 12.2. The Bertz CT molecular complexity index is 3870. The molecule has 3 nitrogen and oxygen atoms in total. The van der Waals surface area contributed by atoms with Crippen molar-refractivity contribution in [3.05, 3.63) is 245 Å². The monoisotopic (exact) mass is 803 g/mol. The molecule has 0 bridgehead atoms. The van der Waals surface area contributed by atoms with Gasteiger partial charge in [-0.3, -0.25) is 4.40 Å². The average molecular weight is 804 g/mol. The van der Waals surface area contributed by atoms with Gasteiger partial charge in [0.1, 0.15) is 11.5 Å². The summed E-state index contributed by atoms with van der Waals surface area (Å²) >= 11 is 1.94. The van der Waals surface area contributed by atoms with Crippen molar-refractivity contribution < 1.29 is 0 Å². The number of thiophene rings is 1. The molecule has 0 N–H and O–H groups in total. The second-order valence-electron chi connectivity index (χ2n) is 17.1. The molecular weight excluding hydrogens is 771 g/mol. The van der Waals surface area contributed by atoms with E-state index in [0.29, 0.717) is 0 Å². The molecule has 0 atom stereocenters. The molecule has 62 heavy (non-hydrogen) atoms. The third kappa shape index (κ3) is 3.77. The Kier molecular flexibility index (Phi) is 6.18. The van der Waals surface area contributed by atoms with E-state index in [-0.39, 0.29) is 0 Å². The van der Waals surface area contributed by atoms with Gasteiger partial charge in [-0.05, 0) is 103 Å². The summed E-state index contributed by atoms with van der Waals surface area (Å²) in [5, 5.41) is 3.67. The van der Waals surface area contributed by atoms with Gasteiger partial charge in [-0.2, -0.15) is 0 Å². The van der Waals surface area contributed by atoms with E-state index in [1.165, 1.54) is 86.9 Å². The molecule has 0 fully saturated rings. The second kappa shape index (κ2) is 11.6. The lowest BCUT2D eigenvalue weighted by Gasteiger charge is -2.49. The summed E-state index contributed by atoms with van der Waals surface area (Å²) in [5.74, 6) is 0.892. The predicted molar refractivity (Wildman–Crippen MR) is 254 cm³/mol. The lowest BCUT2D eigenvalue weighted by molar-refractivity contribution is 0.636. The lowest BCUT2D eigenvalue weighted by Crippen LogP contribution is -2.43. The molecule has 0 unspecified atom stereocenters. The number of aromatic nitrogens is 3. The summed E-state index contributed by atoms with van der Waals surface area (Å²) in [4.78, 5) is 10.7. The number of nitrogens with zero attached hydrogens (tertiary/aromatic N) is 3. The molecule has 286 valence electrons. The highest BCUT2D eigenvalue weighted by Gasteiger charge is 2.59. The molecule has 0 radical (unpaired) electrons. The van der Waals surface area contributed by atoms with E-state index in [9.17, 15) is 0 Å². The van der Waals surface area contributed by atoms with E-state index in [1.807, 2.05) is 11.3 Å². The van der Waals surface area contributed by atoms with Crippen LogP contribution in [0, 0.1) is 0 Å². The zero-order valence-corrected chi connectivity index (χ0v) is 34.1. The van der Waals surface area contributed by atoms with Crippen LogP contribution >= 0.6 is 11.3 Å². The minimum absolute atomic E-state index is 0.494. The van der Waals surface area contributed by atoms with E-state index in [2.05, 4.69) is 205 Å². The third-order valence-corrected chi connectivity index (χ3v) is 15.7. The van der Waals surface area contributed by atoms with Gasteiger partial charge in [-0.15, -0.1) is 11.3 Å². The SMILES string of the molecule is c1ccc2c(c1)-c1ccccc1C21c2ccccc2C2(c3ccc(-c4nc5ccccc5c5nc6ccccc6n45)cc3-c3ccc4c(sc5ccccc54)c32)c2ccccc21. The molecule has 3 aliphatic carbocycles. The van der Waals surface area contributed by atoms with Crippen LogP contribution in [0.4, 0.5) is 0 Å². The first kappa shape index (κ1) is 33.1. The standard InChI is InChI=1S/C58H33N3S/c1-5-19-42-35(15-1)36-16-2-6-20-43(36)57(42)45-21-7-9-23-47(45)58(48-24-10-8-22-46(48)57)44-32-29-34(33-41(44)38-30-31-39-37-17-4-14-28-52(37)62-54(39)53(38)58)55-59-49-25-11-3-18-40(49)56-60-50-26-12-13-27-51(50)61(55)56/h1-33H. The first-order chi connectivity index (χ1) is 30.8. The Morgan fingerprint density at radius 2 is 0.952 bits per heavy atom. The summed E-state index contributed by atoms with van der Waals surface area (Å²) < 4.78 is 4.93. The number of imidazole rings is 1. The molecule has 0 saturated carbocycles. The van der Waals surface area contributed by atoms with Crippen LogP contribution < -0.4 is 0 Å². The van der Waals surface area contributed by atoms with Crippen molar-refractivity contribution in [1.82, 2.24) is 14.4 Å². The van der Waals surface area contributed by atoms with Gasteiger partial charge >= 0.3 is 0 Å². The van der Waals surface area contributed by atoms with Crippen molar-refractivity contribution in [2.24, 2.45) is 0 Å². The highest BCUT2D eigenvalue weighted by Crippen LogP contribution is 2.68. The van der Waals surface area contributed by atoms with Crippen LogP contribution in [0.3, 0.4) is 0 Å². The van der Waals surface area contributed by atoms with Crippen LogP contribution in [0.5, 0.6) is 0 Å². The molecule has 0 amide bonds. The average Bonchev–Trinajstić information content (AvgIpc) is 4.07. The van der Waals surface area contributed by atoms with Crippen molar-refractivity contribution in [2.75, 3.05) is 0 Å². The number of hydrogen-bond donors (Lipinski definition) is 0. The highest BCUT2D eigenvalue weighted by atomic mass is 32.1. The smallest absolute Gasteiger partial charge is 0.149 e. The van der Waals surface area contributed by atoms with Gasteiger partial charge in [0.2, 0.25) is 0 Å². The molecule has 3 heterocycles. The first-order valence-electron chi connectivity index (χ1n) is 21.4. The maximum absolute atomic E-state index is 5.45. The molecule has 2 spiro atoms. The number of benzene rings is 9. The van der Waals surface area contributed by atoms with Gasteiger partial charge in [0.25, 0.3) is 0 Å². The molecule has 15 rings (SSSR count). The fraction of sp³-hybridized carbons (Fsp3) is 0.0345. The lowest BCUT2D eigenvalue weighted by atomic mass is 9.52. The molecular formula is C58H33N3S. The third-order valence-electron chi connectivity index (χ3n) is 14.5. The number of rotatable bonds is 1. The number of hydrogen-bond acceptors (Lipinski definition) is 3. The van der Waals surface area contributed by atoms with E-state index >= 15 is 0 Å². The Morgan fingerprint density at radius 1 is 0.387 bits per heavy atom. The topological polar surface area (TPSA) is 30.2 Å². The van der Waals surface area contributed by atoms with Crippen LogP contribution in [0.25, 0.3) is 81.4 Å². The molecule has 0 aliphatic heterocycles. The van der Waals surface area contributed by atoms with Crippen molar-refractivity contribution in [2.45, 2.75) is 10.8 Å². The molecule has 0 saturated heterocycles. The largest absolute Gasteiger partial charge is 0.276 e. The van der Waals surface area contributed by atoms with Crippen LogP contribution in [0.2, 0.25) is 0 Å². The van der Waals surface area contributed by atoms with E-state index < -0.39 is 10.8 Å². The van der Waals surface area contributed by atoms with Crippen LogP contribution in [-0.2, 0) is 10.8 Å². The number of para-hydroxylation sites is 3. The van der Waals surface area contributed by atoms with Gasteiger partial charge in [-0.1, -0.05) is 164 Å². The Hall–Kier alpha value is -7.66. The summed E-state index contributed by atoms with van der Waals surface area (Å²) in [6.07, 6.45) is 0. The highest BCUT2D eigenvalue weighted by molar-refractivity contribution is 7.26. The van der Waals surface area contributed by atoms with Crippen LogP contribution in [0.15, 0.2) is 200 Å². The van der Waals surface area contributed by atoms with E-state index in [0.717, 1.165) is 39.0 Å². The molecule has 12 aromatic rings. The first-order valence-corrected chi connectivity index (χ1v) is 22.2. The van der Waals surface area contributed by atoms with Crippen molar-refractivity contribution in [1.29, 1.82) is 0 Å².